The molecule has 0 saturated carbocycles. The van der Waals surface area contributed by atoms with Crippen molar-refractivity contribution in [1.82, 2.24) is 0 Å². The van der Waals surface area contributed by atoms with Gasteiger partial charge in [0.15, 0.2) is 0 Å². The number of benzene rings is 1. The first-order chi connectivity index (χ1) is 6.02. The summed E-state index contributed by atoms with van der Waals surface area (Å²) in [6.45, 7) is 3.70. The van der Waals surface area contributed by atoms with E-state index in [9.17, 15) is 10.1 Å². The Labute approximate surface area is 76.5 Å². The highest BCUT2D eigenvalue weighted by atomic mass is 16.6. The number of hydrogen-bond donors (Lipinski definition) is 1. The summed E-state index contributed by atoms with van der Waals surface area (Å²) in [5, 5.41) is 10.5. The molecule has 13 heavy (non-hydrogen) atoms. The van der Waals surface area contributed by atoms with Crippen molar-refractivity contribution in [2.24, 2.45) is 5.73 Å². The van der Waals surface area contributed by atoms with Gasteiger partial charge in [-0.1, -0.05) is 6.07 Å². The summed E-state index contributed by atoms with van der Waals surface area (Å²) in [5.74, 6) is 0. The van der Waals surface area contributed by atoms with Crippen LogP contribution in [0.15, 0.2) is 18.2 Å². The molecule has 0 radical (unpaired) electrons. The minimum atomic E-state index is -0.411. The minimum absolute atomic E-state index is 0.0953. The topological polar surface area (TPSA) is 69.2 Å². The van der Waals surface area contributed by atoms with Crippen molar-refractivity contribution in [2.45, 2.75) is 19.9 Å². The number of nitrogens with two attached hydrogens (primary N) is 1. The first-order valence-electron chi connectivity index (χ1n) is 4.03. The van der Waals surface area contributed by atoms with Crippen LogP contribution in [0.2, 0.25) is 0 Å². The van der Waals surface area contributed by atoms with Crippen LogP contribution in [-0.4, -0.2) is 4.92 Å². The van der Waals surface area contributed by atoms with E-state index in [2.05, 4.69) is 0 Å². The molecule has 0 aliphatic rings. The molecule has 0 aliphatic heterocycles. The lowest BCUT2D eigenvalue weighted by atomic mass is 10.0. The predicted molar refractivity (Wildman–Crippen MR) is 50.4 cm³/mol. The Hall–Kier alpha value is -1.42. The molecule has 4 nitrogen and oxygen atoms in total. The number of hydrogen-bond acceptors (Lipinski definition) is 3. The van der Waals surface area contributed by atoms with E-state index in [4.69, 9.17) is 5.73 Å². The lowest BCUT2D eigenvalue weighted by molar-refractivity contribution is -0.384. The summed E-state index contributed by atoms with van der Waals surface area (Å²) >= 11 is 0. The van der Waals surface area contributed by atoms with Crippen LogP contribution in [0.3, 0.4) is 0 Å². The third kappa shape index (κ3) is 2.03. The number of aryl methyl sites for hydroxylation is 1. The maximum Gasteiger partial charge on any atom is 0.269 e. The smallest absolute Gasteiger partial charge is 0.269 e. The highest BCUT2D eigenvalue weighted by molar-refractivity contribution is 5.40. The molecule has 2 N–H and O–H groups in total. The van der Waals surface area contributed by atoms with Gasteiger partial charge in [-0.15, -0.1) is 0 Å². The van der Waals surface area contributed by atoms with Gasteiger partial charge in [0.1, 0.15) is 0 Å². The number of non-ortho nitro benzene ring substituents is 1. The summed E-state index contributed by atoms with van der Waals surface area (Å²) in [4.78, 5) is 10.0. The van der Waals surface area contributed by atoms with Crippen molar-refractivity contribution >= 4 is 5.69 Å². The van der Waals surface area contributed by atoms with Gasteiger partial charge in [-0.25, -0.2) is 0 Å². The highest BCUT2D eigenvalue weighted by Gasteiger charge is 2.10. The van der Waals surface area contributed by atoms with Crippen LogP contribution in [-0.2, 0) is 0 Å². The Morgan fingerprint density at radius 1 is 1.54 bits per heavy atom. The zero-order chi connectivity index (χ0) is 10.0. The molecule has 0 aliphatic carbocycles. The van der Waals surface area contributed by atoms with E-state index >= 15 is 0 Å². The second-order valence-corrected chi connectivity index (χ2v) is 3.09. The zero-order valence-corrected chi connectivity index (χ0v) is 7.65. The summed E-state index contributed by atoms with van der Waals surface area (Å²) in [7, 11) is 0. The van der Waals surface area contributed by atoms with E-state index in [1.165, 1.54) is 12.1 Å². The van der Waals surface area contributed by atoms with Gasteiger partial charge >= 0.3 is 0 Å². The molecule has 4 heteroatoms. The van der Waals surface area contributed by atoms with Crippen LogP contribution in [0.5, 0.6) is 0 Å². The normalized spacial score (nSPS) is 12.5. The molecule has 70 valence electrons. The SMILES string of the molecule is Cc1ccc([N+](=O)[O-])cc1C(C)N. The van der Waals surface area contributed by atoms with Gasteiger partial charge in [-0.2, -0.15) is 0 Å². The standard InChI is InChI=1S/C9H12N2O2/c1-6-3-4-8(11(12)13)5-9(6)7(2)10/h3-5,7H,10H2,1-2H3. The van der Waals surface area contributed by atoms with Crippen molar-refractivity contribution in [1.29, 1.82) is 0 Å². The fraction of sp³-hybridized carbons (Fsp3) is 0.333. The van der Waals surface area contributed by atoms with Gasteiger partial charge in [0.2, 0.25) is 0 Å². The largest absolute Gasteiger partial charge is 0.324 e. The first kappa shape index (κ1) is 9.67. The second kappa shape index (κ2) is 3.53. The fourth-order valence-corrected chi connectivity index (χ4v) is 1.23. The molecular weight excluding hydrogens is 168 g/mol. The lowest BCUT2D eigenvalue weighted by Crippen LogP contribution is -2.07. The molecule has 1 aromatic rings. The van der Waals surface area contributed by atoms with Crippen LogP contribution in [0.25, 0.3) is 0 Å². The molecule has 0 aromatic heterocycles. The van der Waals surface area contributed by atoms with Crippen molar-refractivity contribution in [3.05, 3.63) is 39.4 Å². The molecular formula is C9H12N2O2. The average Bonchev–Trinajstić information content (AvgIpc) is 2.04. The quantitative estimate of drug-likeness (QED) is 0.558. The highest BCUT2D eigenvalue weighted by Crippen LogP contribution is 2.21. The fourth-order valence-electron chi connectivity index (χ4n) is 1.23. The Morgan fingerprint density at radius 3 is 2.62 bits per heavy atom. The molecule has 0 bridgehead atoms. The summed E-state index contributed by atoms with van der Waals surface area (Å²) in [5.41, 5.74) is 7.57. The first-order valence-corrected chi connectivity index (χ1v) is 4.03. The Kier molecular flexibility index (Phi) is 2.63. The van der Waals surface area contributed by atoms with Crippen molar-refractivity contribution < 1.29 is 4.92 Å². The molecule has 0 fully saturated rings. The molecule has 0 saturated heterocycles. The molecule has 0 heterocycles. The van der Waals surface area contributed by atoms with Crippen LogP contribution >= 0.6 is 0 Å². The van der Waals surface area contributed by atoms with Gasteiger partial charge in [-0.3, -0.25) is 10.1 Å². The molecule has 0 spiro atoms. The van der Waals surface area contributed by atoms with Crippen molar-refractivity contribution in [3.63, 3.8) is 0 Å². The van der Waals surface area contributed by atoms with Crippen LogP contribution in [0.1, 0.15) is 24.1 Å². The molecule has 1 atom stereocenters. The predicted octanol–water partition coefficient (Wildman–Crippen LogP) is 1.92. The van der Waals surface area contributed by atoms with E-state index < -0.39 is 4.92 Å². The van der Waals surface area contributed by atoms with Gasteiger partial charge in [0.05, 0.1) is 4.92 Å². The summed E-state index contributed by atoms with van der Waals surface area (Å²) in [6.07, 6.45) is 0. The number of nitro groups is 1. The van der Waals surface area contributed by atoms with E-state index in [1.807, 2.05) is 13.8 Å². The van der Waals surface area contributed by atoms with E-state index in [0.29, 0.717) is 0 Å². The van der Waals surface area contributed by atoms with Gasteiger partial charge < -0.3 is 5.73 Å². The molecule has 1 rings (SSSR count). The van der Waals surface area contributed by atoms with Crippen molar-refractivity contribution in [3.8, 4) is 0 Å². The van der Waals surface area contributed by atoms with E-state index in [1.54, 1.807) is 6.07 Å². The molecule has 1 unspecified atom stereocenters. The zero-order valence-electron chi connectivity index (χ0n) is 7.65. The van der Waals surface area contributed by atoms with Crippen molar-refractivity contribution in [2.75, 3.05) is 0 Å². The second-order valence-electron chi connectivity index (χ2n) is 3.09. The third-order valence-corrected chi connectivity index (χ3v) is 1.96. The van der Waals surface area contributed by atoms with Crippen LogP contribution in [0, 0.1) is 17.0 Å². The molecule has 1 aromatic carbocycles. The third-order valence-electron chi connectivity index (χ3n) is 1.96. The van der Waals surface area contributed by atoms with Crippen LogP contribution < -0.4 is 5.73 Å². The lowest BCUT2D eigenvalue weighted by Gasteiger charge is -2.08. The van der Waals surface area contributed by atoms with Gasteiger partial charge in [0, 0.05) is 18.2 Å². The minimum Gasteiger partial charge on any atom is -0.324 e. The maximum atomic E-state index is 10.5. The maximum absolute atomic E-state index is 10.5. The number of nitrogens with zero attached hydrogens (tertiary/aromatic N) is 1. The Morgan fingerprint density at radius 2 is 2.15 bits per heavy atom. The Balaban J connectivity index is 3.19. The number of rotatable bonds is 2. The summed E-state index contributed by atoms with van der Waals surface area (Å²) < 4.78 is 0. The summed E-state index contributed by atoms with van der Waals surface area (Å²) in [6, 6.07) is 4.57. The van der Waals surface area contributed by atoms with Gasteiger partial charge in [-0.05, 0) is 25.0 Å². The van der Waals surface area contributed by atoms with E-state index in [0.717, 1.165) is 11.1 Å². The number of nitro benzene ring substituents is 1. The van der Waals surface area contributed by atoms with E-state index in [-0.39, 0.29) is 11.7 Å². The van der Waals surface area contributed by atoms with Crippen LogP contribution in [0.4, 0.5) is 5.69 Å². The van der Waals surface area contributed by atoms with Gasteiger partial charge in [0.25, 0.3) is 5.69 Å². The monoisotopic (exact) mass is 180 g/mol. The average molecular weight is 180 g/mol. The Bertz CT molecular complexity index is 334. The molecule has 0 amide bonds.